The van der Waals surface area contributed by atoms with Crippen LogP contribution in [-0.4, -0.2) is 76.7 Å². The minimum atomic E-state index is -0.548. The molecule has 1 aliphatic heterocycles. The zero-order valence-corrected chi connectivity index (χ0v) is 16.9. The molecule has 8 nitrogen and oxygen atoms in total. The number of β-amino-alcohol motifs (C(OH)–C–C–N with tert-alkyl or cyclic N) is 1. The molecule has 1 aliphatic rings. The third-order valence-electron chi connectivity index (χ3n) is 4.68. The first-order chi connectivity index (χ1) is 13.3. The monoisotopic (exact) mass is 384 g/mol. The van der Waals surface area contributed by atoms with Crippen LogP contribution in [0.15, 0.2) is 24.4 Å². The standard InChI is InChI=1S/C20H28N6O2/c1-13-5-6-17(14(2)22-13)18-7-8-21-20(24-18)26-10-15(9-16(27)11-26)23-19(28)12-25(3)4/h5-8,15-16,27H,9-12H2,1-4H3,(H,23,28)/t15-,16+/m0/s1. The third kappa shape index (κ3) is 5.02. The van der Waals surface area contributed by atoms with Gasteiger partial charge in [0.1, 0.15) is 0 Å². The van der Waals surface area contributed by atoms with E-state index in [2.05, 4.69) is 15.3 Å². The summed E-state index contributed by atoms with van der Waals surface area (Å²) < 4.78 is 0. The van der Waals surface area contributed by atoms with Gasteiger partial charge in [-0.05, 0) is 52.6 Å². The third-order valence-corrected chi connectivity index (χ3v) is 4.68. The highest BCUT2D eigenvalue weighted by atomic mass is 16.3. The molecule has 1 fully saturated rings. The van der Waals surface area contributed by atoms with E-state index in [1.165, 1.54) is 0 Å². The Bertz CT molecular complexity index is 841. The van der Waals surface area contributed by atoms with Crippen molar-refractivity contribution in [1.29, 1.82) is 0 Å². The number of rotatable bonds is 5. The van der Waals surface area contributed by atoms with E-state index in [-0.39, 0.29) is 11.9 Å². The van der Waals surface area contributed by atoms with E-state index in [0.717, 1.165) is 22.6 Å². The summed E-state index contributed by atoms with van der Waals surface area (Å²) in [5.74, 6) is 0.489. The Hall–Kier alpha value is -2.58. The first-order valence-electron chi connectivity index (χ1n) is 9.46. The van der Waals surface area contributed by atoms with Gasteiger partial charge in [-0.3, -0.25) is 9.78 Å². The Kier molecular flexibility index (Phi) is 6.21. The second kappa shape index (κ2) is 8.62. The fourth-order valence-electron chi connectivity index (χ4n) is 3.51. The van der Waals surface area contributed by atoms with Crippen LogP contribution in [0, 0.1) is 13.8 Å². The largest absolute Gasteiger partial charge is 0.391 e. The molecule has 8 heteroatoms. The van der Waals surface area contributed by atoms with Gasteiger partial charge < -0.3 is 20.2 Å². The normalized spacial score (nSPS) is 19.7. The maximum atomic E-state index is 12.1. The minimum absolute atomic E-state index is 0.0555. The van der Waals surface area contributed by atoms with E-state index >= 15 is 0 Å². The summed E-state index contributed by atoms with van der Waals surface area (Å²) in [5.41, 5.74) is 3.63. The van der Waals surface area contributed by atoms with Crippen molar-refractivity contribution < 1.29 is 9.90 Å². The number of piperidine rings is 1. The lowest BCUT2D eigenvalue weighted by atomic mass is 10.0. The number of carbonyl (C=O) groups is 1. The zero-order valence-electron chi connectivity index (χ0n) is 16.9. The molecule has 150 valence electrons. The van der Waals surface area contributed by atoms with E-state index in [4.69, 9.17) is 4.98 Å². The van der Waals surface area contributed by atoms with Crippen LogP contribution in [-0.2, 0) is 4.79 Å². The average molecular weight is 384 g/mol. The van der Waals surface area contributed by atoms with Gasteiger partial charge in [-0.15, -0.1) is 0 Å². The van der Waals surface area contributed by atoms with E-state index in [9.17, 15) is 9.90 Å². The lowest BCUT2D eigenvalue weighted by Crippen LogP contribution is -2.54. The topological polar surface area (TPSA) is 94.5 Å². The summed E-state index contributed by atoms with van der Waals surface area (Å²) in [6.45, 7) is 5.24. The molecular weight excluding hydrogens is 356 g/mol. The number of nitrogens with zero attached hydrogens (tertiary/aromatic N) is 5. The van der Waals surface area contributed by atoms with Gasteiger partial charge in [0, 0.05) is 42.3 Å². The van der Waals surface area contributed by atoms with Crippen molar-refractivity contribution in [3.63, 3.8) is 0 Å². The molecule has 0 unspecified atom stereocenters. The highest BCUT2D eigenvalue weighted by molar-refractivity contribution is 5.78. The summed E-state index contributed by atoms with van der Waals surface area (Å²) in [6.07, 6.45) is 1.70. The van der Waals surface area contributed by atoms with E-state index in [0.29, 0.717) is 32.0 Å². The molecular formula is C20H28N6O2. The Morgan fingerprint density at radius 1 is 1.25 bits per heavy atom. The molecule has 0 aromatic carbocycles. The lowest BCUT2D eigenvalue weighted by Gasteiger charge is -2.36. The van der Waals surface area contributed by atoms with Gasteiger partial charge in [0.25, 0.3) is 0 Å². The molecule has 2 aromatic heterocycles. The Balaban J connectivity index is 1.77. The van der Waals surface area contributed by atoms with Crippen LogP contribution in [0.2, 0.25) is 0 Å². The van der Waals surface area contributed by atoms with Gasteiger partial charge in [0.15, 0.2) is 0 Å². The number of aliphatic hydroxyl groups is 1. The predicted molar refractivity (Wildman–Crippen MR) is 108 cm³/mol. The van der Waals surface area contributed by atoms with Crippen molar-refractivity contribution in [3.05, 3.63) is 35.8 Å². The second-order valence-corrected chi connectivity index (χ2v) is 7.62. The summed E-state index contributed by atoms with van der Waals surface area (Å²) >= 11 is 0. The van der Waals surface area contributed by atoms with Crippen LogP contribution in [0.5, 0.6) is 0 Å². The van der Waals surface area contributed by atoms with E-state index in [1.54, 1.807) is 6.20 Å². The predicted octanol–water partition coefficient (Wildman–Crippen LogP) is 0.773. The molecule has 1 saturated heterocycles. The molecule has 2 aromatic rings. The number of aliphatic hydroxyl groups excluding tert-OH is 1. The SMILES string of the molecule is Cc1ccc(-c2ccnc(N3C[C@H](O)C[C@H](NC(=O)CN(C)C)C3)n2)c(C)n1. The number of aromatic nitrogens is 3. The van der Waals surface area contributed by atoms with Crippen molar-refractivity contribution in [2.24, 2.45) is 0 Å². The van der Waals surface area contributed by atoms with Gasteiger partial charge in [0.05, 0.1) is 18.3 Å². The number of nitrogens with one attached hydrogen (secondary N) is 1. The van der Waals surface area contributed by atoms with Crippen LogP contribution in [0.1, 0.15) is 17.8 Å². The zero-order chi connectivity index (χ0) is 20.3. The summed E-state index contributed by atoms with van der Waals surface area (Å²) in [7, 11) is 3.70. The molecule has 0 radical (unpaired) electrons. The number of pyridine rings is 1. The summed E-state index contributed by atoms with van der Waals surface area (Å²) in [6, 6.07) is 5.69. The number of hydrogen-bond donors (Lipinski definition) is 2. The molecule has 0 aliphatic carbocycles. The van der Waals surface area contributed by atoms with E-state index < -0.39 is 6.10 Å². The minimum Gasteiger partial charge on any atom is -0.391 e. The molecule has 1 amide bonds. The lowest BCUT2D eigenvalue weighted by molar-refractivity contribution is -0.122. The van der Waals surface area contributed by atoms with E-state index in [1.807, 2.05) is 55.9 Å². The summed E-state index contributed by atoms with van der Waals surface area (Å²) in [4.78, 5) is 29.4. The van der Waals surface area contributed by atoms with Crippen LogP contribution in [0.3, 0.4) is 0 Å². The molecule has 2 atom stereocenters. The van der Waals surface area contributed by atoms with Gasteiger partial charge >= 0.3 is 0 Å². The van der Waals surface area contributed by atoms with Crippen LogP contribution < -0.4 is 10.2 Å². The average Bonchev–Trinajstić information content (AvgIpc) is 2.60. The highest BCUT2D eigenvalue weighted by Gasteiger charge is 2.28. The van der Waals surface area contributed by atoms with Crippen LogP contribution >= 0.6 is 0 Å². The first-order valence-corrected chi connectivity index (χ1v) is 9.46. The number of aryl methyl sites for hydroxylation is 2. The Morgan fingerprint density at radius 3 is 2.75 bits per heavy atom. The molecule has 3 heterocycles. The molecule has 2 N–H and O–H groups in total. The quantitative estimate of drug-likeness (QED) is 0.786. The van der Waals surface area contributed by atoms with Gasteiger partial charge in [-0.2, -0.15) is 0 Å². The number of anilines is 1. The Labute approximate surface area is 165 Å². The number of amides is 1. The molecule has 0 saturated carbocycles. The maximum absolute atomic E-state index is 12.1. The van der Waals surface area contributed by atoms with Crippen molar-refractivity contribution in [2.45, 2.75) is 32.4 Å². The second-order valence-electron chi connectivity index (χ2n) is 7.62. The number of likely N-dealkylation sites (N-methyl/N-ethyl adjacent to an activating group) is 1. The van der Waals surface area contributed by atoms with Crippen LogP contribution in [0.4, 0.5) is 5.95 Å². The number of carbonyl (C=O) groups excluding carboxylic acids is 1. The maximum Gasteiger partial charge on any atom is 0.234 e. The number of hydrogen-bond acceptors (Lipinski definition) is 7. The summed E-state index contributed by atoms with van der Waals surface area (Å²) in [5, 5.41) is 13.3. The van der Waals surface area contributed by atoms with Gasteiger partial charge in [-0.1, -0.05) is 0 Å². The van der Waals surface area contributed by atoms with Crippen molar-refractivity contribution in [1.82, 2.24) is 25.2 Å². The van der Waals surface area contributed by atoms with Crippen molar-refractivity contribution in [3.8, 4) is 11.3 Å². The van der Waals surface area contributed by atoms with Crippen LogP contribution in [0.25, 0.3) is 11.3 Å². The highest BCUT2D eigenvalue weighted by Crippen LogP contribution is 2.23. The molecule has 3 rings (SSSR count). The first kappa shape index (κ1) is 20.2. The Morgan fingerprint density at radius 2 is 2.04 bits per heavy atom. The fraction of sp³-hybridized carbons (Fsp3) is 0.500. The molecule has 0 spiro atoms. The molecule has 0 bridgehead atoms. The van der Waals surface area contributed by atoms with Crippen molar-refractivity contribution in [2.75, 3.05) is 38.6 Å². The fourth-order valence-corrected chi connectivity index (χ4v) is 3.51. The molecule has 28 heavy (non-hydrogen) atoms. The van der Waals surface area contributed by atoms with Gasteiger partial charge in [0.2, 0.25) is 11.9 Å². The smallest absolute Gasteiger partial charge is 0.234 e. The van der Waals surface area contributed by atoms with Crippen molar-refractivity contribution >= 4 is 11.9 Å². The van der Waals surface area contributed by atoms with Gasteiger partial charge in [-0.25, -0.2) is 9.97 Å².